The van der Waals surface area contributed by atoms with Crippen molar-refractivity contribution in [2.24, 2.45) is 11.0 Å². The van der Waals surface area contributed by atoms with Crippen LogP contribution < -0.4 is 20.2 Å². The van der Waals surface area contributed by atoms with Crippen molar-refractivity contribution in [3.8, 4) is 11.5 Å². The van der Waals surface area contributed by atoms with Crippen molar-refractivity contribution in [3.63, 3.8) is 0 Å². The molecule has 0 heterocycles. The number of hydrazone groups is 1. The highest BCUT2D eigenvalue weighted by molar-refractivity contribution is 9.10. The summed E-state index contributed by atoms with van der Waals surface area (Å²) in [5, 5.41) is 7.31. The largest absolute Gasteiger partial charge is 0.493 e. The van der Waals surface area contributed by atoms with Crippen molar-refractivity contribution in [3.05, 3.63) is 68.6 Å². The van der Waals surface area contributed by atoms with Crippen LogP contribution in [0.4, 0.5) is 0 Å². The number of halogens is 3. The third-order valence-electron chi connectivity index (χ3n) is 4.40. The van der Waals surface area contributed by atoms with Gasteiger partial charge in [0.1, 0.15) is 12.6 Å². The number of rotatable bonds is 10. The van der Waals surface area contributed by atoms with Crippen molar-refractivity contribution >= 4 is 57.2 Å². The second kappa shape index (κ2) is 12.6. The molecule has 0 radical (unpaired) electrons. The van der Waals surface area contributed by atoms with Gasteiger partial charge >= 0.3 is 0 Å². The number of hydrogen-bond donors (Lipinski definition) is 2. The molecular formula is C23H24BrCl2N3O4. The lowest BCUT2D eigenvalue weighted by Crippen LogP contribution is -2.48. The fraction of sp³-hybridized carbons (Fsp3) is 0.261. The Morgan fingerprint density at radius 2 is 1.97 bits per heavy atom. The molecule has 0 saturated carbocycles. The number of benzene rings is 2. The van der Waals surface area contributed by atoms with Gasteiger partial charge in [0.15, 0.2) is 11.5 Å². The lowest BCUT2D eigenvalue weighted by Gasteiger charge is -2.20. The molecule has 33 heavy (non-hydrogen) atoms. The van der Waals surface area contributed by atoms with E-state index in [0.717, 1.165) is 0 Å². The molecule has 2 aromatic rings. The maximum absolute atomic E-state index is 12.7. The minimum atomic E-state index is -0.836. The summed E-state index contributed by atoms with van der Waals surface area (Å²) in [4.78, 5) is 25.3. The third kappa shape index (κ3) is 7.48. The Kier molecular flexibility index (Phi) is 10.2. The number of carbonyl (C=O) groups excluding carboxylic acids is 2. The zero-order chi connectivity index (χ0) is 24.5. The van der Waals surface area contributed by atoms with E-state index in [1.165, 1.54) is 25.5 Å². The number of amides is 2. The molecule has 1 atom stereocenters. The average Bonchev–Trinajstić information content (AvgIpc) is 2.75. The molecule has 0 bridgehead atoms. The van der Waals surface area contributed by atoms with Crippen LogP contribution in [0.5, 0.6) is 11.5 Å². The number of methoxy groups -OCH3 is 1. The lowest BCUT2D eigenvalue weighted by atomic mass is 10.0. The predicted molar refractivity (Wildman–Crippen MR) is 135 cm³/mol. The molecule has 2 rings (SSSR count). The summed E-state index contributed by atoms with van der Waals surface area (Å²) < 4.78 is 11.6. The Balaban J connectivity index is 2.11. The molecule has 2 N–H and O–H groups in total. The number of hydrogen-bond acceptors (Lipinski definition) is 5. The molecule has 0 aliphatic heterocycles. The molecule has 2 amide bonds. The van der Waals surface area contributed by atoms with Crippen LogP contribution in [-0.2, 0) is 4.79 Å². The highest BCUT2D eigenvalue weighted by Crippen LogP contribution is 2.36. The molecular weight excluding hydrogens is 533 g/mol. The SMILES string of the molecule is C=CCOc1c(Br)cc(C=NNC(=O)C(NC(=O)c2ccc(Cl)cc2Cl)C(C)C)cc1OC. The first kappa shape index (κ1) is 26.7. The smallest absolute Gasteiger partial charge is 0.262 e. The van der Waals surface area contributed by atoms with Crippen LogP contribution in [0.2, 0.25) is 10.0 Å². The van der Waals surface area contributed by atoms with E-state index in [1.807, 2.05) is 13.8 Å². The summed E-state index contributed by atoms with van der Waals surface area (Å²) in [5.74, 6) is -0.145. The van der Waals surface area contributed by atoms with Crippen LogP contribution >= 0.6 is 39.1 Å². The maximum atomic E-state index is 12.7. The fourth-order valence-electron chi connectivity index (χ4n) is 2.76. The van der Waals surface area contributed by atoms with E-state index in [1.54, 1.807) is 24.3 Å². The highest BCUT2D eigenvalue weighted by atomic mass is 79.9. The summed E-state index contributed by atoms with van der Waals surface area (Å²) in [6.45, 7) is 7.56. The van der Waals surface area contributed by atoms with Gasteiger partial charge in [-0.3, -0.25) is 9.59 Å². The molecule has 0 saturated heterocycles. The number of nitrogens with zero attached hydrogens (tertiary/aromatic N) is 1. The molecule has 0 aliphatic rings. The number of ether oxygens (including phenoxy) is 2. The molecule has 7 nitrogen and oxygen atoms in total. The van der Waals surface area contributed by atoms with Crippen LogP contribution in [0.1, 0.15) is 29.8 Å². The normalized spacial score (nSPS) is 11.8. The molecule has 0 fully saturated rings. The monoisotopic (exact) mass is 555 g/mol. The van der Waals surface area contributed by atoms with E-state index < -0.39 is 17.9 Å². The first-order chi connectivity index (χ1) is 15.7. The first-order valence-corrected chi connectivity index (χ1v) is 11.4. The first-order valence-electron chi connectivity index (χ1n) is 9.88. The van der Waals surface area contributed by atoms with Gasteiger partial charge in [0, 0.05) is 5.02 Å². The minimum absolute atomic E-state index is 0.195. The molecule has 0 aromatic heterocycles. The lowest BCUT2D eigenvalue weighted by molar-refractivity contribution is -0.123. The molecule has 0 spiro atoms. The molecule has 1 unspecified atom stereocenters. The van der Waals surface area contributed by atoms with Crippen LogP contribution in [0, 0.1) is 5.92 Å². The van der Waals surface area contributed by atoms with E-state index in [0.29, 0.717) is 33.2 Å². The van der Waals surface area contributed by atoms with Crippen LogP contribution in [0.25, 0.3) is 0 Å². The zero-order valence-electron chi connectivity index (χ0n) is 18.3. The van der Waals surface area contributed by atoms with E-state index >= 15 is 0 Å². The van der Waals surface area contributed by atoms with E-state index in [2.05, 4.69) is 38.4 Å². The second-order valence-electron chi connectivity index (χ2n) is 7.19. The molecule has 176 valence electrons. The van der Waals surface area contributed by atoms with Crippen molar-refractivity contribution in [2.75, 3.05) is 13.7 Å². The van der Waals surface area contributed by atoms with Crippen molar-refractivity contribution in [1.82, 2.24) is 10.7 Å². The van der Waals surface area contributed by atoms with Crippen molar-refractivity contribution in [2.45, 2.75) is 19.9 Å². The van der Waals surface area contributed by atoms with Gasteiger partial charge in [0.05, 0.1) is 28.4 Å². The Morgan fingerprint density at radius 3 is 2.58 bits per heavy atom. The number of carbonyl (C=O) groups is 2. The zero-order valence-corrected chi connectivity index (χ0v) is 21.4. The summed E-state index contributed by atoms with van der Waals surface area (Å²) in [6, 6.07) is 7.16. The third-order valence-corrected chi connectivity index (χ3v) is 5.53. The summed E-state index contributed by atoms with van der Waals surface area (Å²) in [7, 11) is 1.52. The summed E-state index contributed by atoms with van der Waals surface area (Å²) in [6.07, 6.45) is 3.08. The topological polar surface area (TPSA) is 89.0 Å². The van der Waals surface area contributed by atoms with Crippen LogP contribution in [0.3, 0.4) is 0 Å². The van der Waals surface area contributed by atoms with Gasteiger partial charge in [-0.2, -0.15) is 5.10 Å². The van der Waals surface area contributed by atoms with E-state index in [4.69, 9.17) is 32.7 Å². The van der Waals surface area contributed by atoms with Gasteiger partial charge in [-0.1, -0.05) is 49.7 Å². The van der Waals surface area contributed by atoms with Gasteiger partial charge in [-0.25, -0.2) is 5.43 Å². The van der Waals surface area contributed by atoms with Gasteiger partial charge < -0.3 is 14.8 Å². The quantitative estimate of drug-likeness (QED) is 0.238. The van der Waals surface area contributed by atoms with Crippen molar-refractivity contribution in [1.29, 1.82) is 0 Å². The average molecular weight is 557 g/mol. The van der Waals surface area contributed by atoms with E-state index in [-0.39, 0.29) is 16.5 Å². The Bertz CT molecular complexity index is 1060. The second-order valence-corrected chi connectivity index (χ2v) is 8.89. The summed E-state index contributed by atoms with van der Waals surface area (Å²) in [5.41, 5.74) is 3.34. The molecule has 2 aromatic carbocycles. The standard InChI is InChI=1S/C23H24BrCl2N3O4/c1-5-8-33-21-17(24)9-14(10-19(21)32-4)12-27-29-23(31)20(13(2)3)28-22(30)16-7-6-15(25)11-18(16)26/h5-7,9-13,20H,1,8H2,2-4H3,(H,28,30)(H,29,31). The minimum Gasteiger partial charge on any atom is -0.493 e. The molecule has 10 heteroatoms. The molecule has 0 aliphatic carbocycles. The predicted octanol–water partition coefficient (Wildman–Crippen LogP) is 5.23. The maximum Gasteiger partial charge on any atom is 0.262 e. The van der Waals surface area contributed by atoms with Gasteiger partial charge in [-0.15, -0.1) is 0 Å². The van der Waals surface area contributed by atoms with Gasteiger partial charge in [0.2, 0.25) is 0 Å². The van der Waals surface area contributed by atoms with E-state index in [9.17, 15) is 9.59 Å². The number of nitrogens with one attached hydrogen (secondary N) is 2. The highest BCUT2D eigenvalue weighted by Gasteiger charge is 2.25. The van der Waals surface area contributed by atoms with Gasteiger partial charge in [0.25, 0.3) is 11.8 Å². The summed E-state index contributed by atoms with van der Waals surface area (Å²) >= 11 is 15.4. The van der Waals surface area contributed by atoms with Crippen LogP contribution in [0.15, 0.2) is 52.6 Å². The van der Waals surface area contributed by atoms with Crippen molar-refractivity contribution < 1.29 is 19.1 Å². The van der Waals surface area contributed by atoms with Crippen LogP contribution in [-0.4, -0.2) is 37.8 Å². The van der Waals surface area contributed by atoms with Gasteiger partial charge in [-0.05, 0) is 57.7 Å². The Morgan fingerprint density at radius 1 is 1.24 bits per heavy atom. The Labute approximate surface area is 211 Å². The Hall–Kier alpha value is -2.55. The fourth-order valence-corrected chi connectivity index (χ4v) is 3.83.